The fraction of sp³-hybridized carbons (Fsp3) is 0.900. The molecule has 3 nitrogen and oxygen atoms in total. The Kier molecular flexibility index (Phi) is 2.55. The van der Waals surface area contributed by atoms with E-state index in [9.17, 15) is 0 Å². The third kappa shape index (κ3) is 4.15. The Hall–Kier alpha value is -0.730. The number of nitrogens with two attached hydrogens (primary N) is 1. The molecule has 1 rings (SSSR count). The molecule has 1 saturated carbocycles. The van der Waals surface area contributed by atoms with E-state index < -0.39 is 0 Å². The van der Waals surface area contributed by atoms with Crippen LogP contribution in [0.2, 0.25) is 0 Å². The minimum absolute atomic E-state index is 0.0119. The Bertz CT molecular complexity index is 209. The highest BCUT2D eigenvalue weighted by atomic mass is 15.1. The quantitative estimate of drug-likeness (QED) is 0.503. The molecule has 0 unspecified atom stereocenters. The molecule has 3 heteroatoms. The maximum absolute atomic E-state index is 5.73. The van der Waals surface area contributed by atoms with Crippen LogP contribution >= 0.6 is 0 Å². The summed E-state index contributed by atoms with van der Waals surface area (Å²) in [6.45, 7) is 9.35. The smallest absolute Gasteiger partial charge is 0.189 e. The molecule has 0 amide bonds. The molecule has 1 aliphatic rings. The SMILES string of the molecule is CC1(CN=C(N)NC(C)(C)C)CC1. The van der Waals surface area contributed by atoms with Crippen LogP contribution in [0.3, 0.4) is 0 Å². The molecule has 3 N–H and O–H groups in total. The molecule has 0 aromatic heterocycles. The van der Waals surface area contributed by atoms with Crippen molar-refractivity contribution < 1.29 is 0 Å². The van der Waals surface area contributed by atoms with E-state index >= 15 is 0 Å². The van der Waals surface area contributed by atoms with Crippen LogP contribution in [-0.2, 0) is 0 Å². The highest BCUT2D eigenvalue weighted by Gasteiger charge is 2.36. The van der Waals surface area contributed by atoms with Crippen molar-refractivity contribution in [3.8, 4) is 0 Å². The highest BCUT2D eigenvalue weighted by Crippen LogP contribution is 2.44. The van der Waals surface area contributed by atoms with Crippen LogP contribution in [0.25, 0.3) is 0 Å². The van der Waals surface area contributed by atoms with E-state index in [-0.39, 0.29) is 5.54 Å². The number of hydrogen-bond acceptors (Lipinski definition) is 1. The van der Waals surface area contributed by atoms with Crippen molar-refractivity contribution in [2.24, 2.45) is 16.1 Å². The van der Waals surface area contributed by atoms with E-state index in [0.29, 0.717) is 11.4 Å². The number of guanidine groups is 1. The van der Waals surface area contributed by atoms with Gasteiger partial charge in [-0.15, -0.1) is 0 Å². The fourth-order valence-corrected chi connectivity index (χ4v) is 1.07. The van der Waals surface area contributed by atoms with Gasteiger partial charge >= 0.3 is 0 Å². The summed E-state index contributed by atoms with van der Waals surface area (Å²) in [6.07, 6.45) is 2.58. The molecule has 0 heterocycles. The van der Waals surface area contributed by atoms with E-state index in [1.165, 1.54) is 12.8 Å². The average Bonchev–Trinajstić information content (AvgIpc) is 2.62. The molecule has 13 heavy (non-hydrogen) atoms. The van der Waals surface area contributed by atoms with E-state index in [2.05, 4.69) is 38.0 Å². The molecule has 0 atom stereocenters. The number of rotatable bonds is 2. The van der Waals surface area contributed by atoms with Gasteiger partial charge in [0.05, 0.1) is 0 Å². The first-order valence-electron chi connectivity index (χ1n) is 4.89. The van der Waals surface area contributed by atoms with Crippen LogP contribution in [0, 0.1) is 5.41 Å². The van der Waals surface area contributed by atoms with Crippen LogP contribution in [0.4, 0.5) is 0 Å². The first-order chi connectivity index (χ1) is 5.81. The van der Waals surface area contributed by atoms with Gasteiger partial charge in [0.25, 0.3) is 0 Å². The maximum Gasteiger partial charge on any atom is 0.189 e. The number of hydrogen-bond donors (Lipinski definition) is 2. The second-order valence-corrected chi connectivity index (χ2v) is 5.39. The zero-order valence-corrected chi connectivity index (χ0v) is 9.15. The lowest BCUT2D eigenvalue weighted by atomic mass is 10.1. The van der Waals surface area contributed by atoms with Crippen LogP contribution in [0.5, 0.6) is 0 Å². The third-order valence-corrected chi connectivity index (χ3v) is 2.24. The molecule has 0 bridgehead atoms. The van der Waals surface area contributed by atoms with Crippen molar-refractivity contribution in [3.05, 3.63) is 0 Å². The first kappa shape index (κ1) is 10.4. The summed E-state index contributed by atoms with van der Waals surface area (Å²) in [5.41, 5.74) is 6.19. The molecular weight excluding hydrogens is 162 g/mol. The van der Waals surface area contributed by atoms with Crippen molar-refractivity contribution >= 4 is 5.96 Å². The van der Waals surface area contributed by atoms with Crippen molar-refractivity contribution in [2.45, 2.75) is 46.1 Å². The fourth-order valence-electron chi connectivity index (χ4n) is 1.07. The molecule has 76 valence electrons. The predicted octanol–water partition coefficient (Wildman–Crippen LogP) is 1.49. The monoisotopic (exact) mass is 183 g/mol. The van der Waals surface area contributed by atoms with E-state index in [0.717, 1.165) is 6.54 Å². The molecule has 1 fully saturated rings. The largest absolute Gasteiger partial charge is 0.370 e. The summed E-state index contributed by atoms with van der Waals surface area (Å²) in [5, 5.41) is 3.15. The van der Waals surface area contributed by atoms with Gasteiger partial charge in [0, 0.05) is 12.1 Å². The molecule has 0 radical (unpaired) electrons. The van der Waals surface area contributed by atoms with Crippen molar-refractivity contribution in [1.29, 1.82) is 0 Å². The topological polar surface area (TPSA) is 50.4 Å². The third-order valence-electron chi connectivity index (χ3n) is 2.24. The molecule has 0 saturated heterocycles. The summed E-state index contributed by atoms with van der Waals surface area (Å²) >= 11 is 0. The van der Waals surface area contributed by atoms with Crippen LogP contribution in [-0.4, -0.2) is 18.0 Å². The number of aliphatic imine (C=N–C) groups is 1. The van der Waals surface area contributed by atoms with Crippen molar-refractivity contribution in [3.63, 3.8) is 0 Å². The van der Waals surface area contributed by atoms with Crippen molar-refractivity contribution in [1.82, 2.24) is 5.32 Å². The Morgan fingerprint density at radius 1 is 1.46 bits per heavy atom. The van der Waals surface area contributed by atoms with E-state index in [1.54, 1.807) is 0 Å². The lowest BCUT2D eigenvalue weighted by molar-refractivity contribution is 0.504. The number of nitrogens with one attached hydrogen (secondary N) is 1. The summed E-state index contributed by atoms with van der Waals surface area (Å²) in [4.78, 5) is 4.33. The summed E-state index contributed by atoms with van der Waals surface area (Å²) < 4.78 is 0. The van der Waals surface area contributed by atoms with Crippen molar-refractivity contribution in [2.75, 3.05) is 6.54 Å². The summed E-state index contributed by atoms with van der Waals surface area (Å²) in [6, 6.07) is 0. The van der Waals surface area contributed by atoms with Gasteiger partial charge in [-0.25, -0.2) is 0 Å². The van der Waals surface area contributed by atoms with Gasteiger partial charge in [0.2, 0.25) is 0 Å². The van der Waals surface area contributed by atoms with Gasteiger partial charge in [-0.1, -0.05) is 6.92 Å². The lowest BCUT2D eigenvalue weighted by Gasteiger charge is -2.21. The number of nitrogens with zero attached hydrogens (tertiary/aromatic N) is 1. The lowest BCUT2D eigenvalue weighted by Crippen LogP contribution is -2.45. The zero-order chi connectivity index (χ0) is 10.1. The normalized spacial score (nSPS) is 21.4. The predicted molar refractivity (Wildman–Crippen MR) is 56.7 cm³/mol. The second-order valence-electron chi connectivity index (χ2n) is 5.39. The van der Waals surface area contributed by atoms with Gasteiger partial charge < -0.3 is 11.1 Å². The second kappa shape index (κ2) is 3.20. The van der Waals surface area contributed by atoms with Gasteiger partial charge in [0.1, 0.15) is 0 Å². The van der Waals surface area contributed by atoms with Gasteiger partial charge in [0.15, 0.2) is 5.96 Å². The minimum Gasteiger partial charge on any atom is -0.370 e. The molecule has 0 aromatic rings. The summed E-state index contributed by atoms with van der Waals surface area (Å²) in [5.74, 6) is 0.570. The van der Waals surface area contributed by atoms with Gasteiger partial charge in [-0.3, -0.25) is 4.99 Å². The maximum atomic E-state index is 5.73. The average molecular weight is 183 g/mol. The molecule has 0 spiro atoms. The van der Waals surface area contributed by atoms with Gasteiger partial charge in [-0.05, 0) is 39.0 Å². The Morgan fingerprint density at radius 2 is 2.00 bits per heavy atom. The van der Waals surface area contributed by atoms with Crippen LogP contribution < -0.4 is 11.1 Å². The zero-order valence-electron chi connectivity index (χ0n) is 9.15. The molecule has 0 aromatic carbocycles. The Labute approximate surface area is 80.8 Å². The highest BCUT2D eigenvalue weighted by molar-refractivity contribution is 5.78. The summed E-state index contributed by atoms with van der Waals surface area (Å²) in [7, 11) is 0. The minimum atomic E-state index is 0.0119. The molecule has 0 aliphatic heterocycles. The molecular formula is C10H21N3. The Balaban J connectivity index is 2.34. The standard InChI is InChI=1S/C10H21N3/c1-9(2,3)13-8(11)12-7-10(4)5-6-10/h5-7H2,1-4H3,(H3,11,12,13). The van der Waals surface area contributed by atoms with Crippen LogP contribution in [0.15, 0.2) is 4.99 Å². The van der Waals surface area contributed by atoms with Gasteiger partial charge in [-0.2, -0.15) is 0 Å². The van der Waals surface area contributed by atoms with E-state index in [4.69, 9.17) is 5.73 Å². The molecule has 1 aliphatic carbocycles. The first-order valence-corrected chi connectivity index (χ1v) is 4.89. The van der Waals surface area contributed by atoms with E-state index in [1.807, 2.05) is 0 Å². The van der Waals surface area contributed by atoms with Crippen LogP contribution in [0.1, 0.15) is 40.5 Å². The Morgan fingerprint density at radius 3 is 2.38 bits per heavy atom.